The number of carbonyl (C=O) groups excluding carboxylic acids is 2. The van der Waals surface area contributed by atoms with E-state index in [2.05, 4.69) is 10.0 Å². The standard InChI is InChI=1S/C23H31N3O4S/c1-15-12-18(4)23(19(5)13-15)31(29,30)24-11-10-21(28)26(6)14-20(27)25-22-16(2)8-7-9-17(22)3/h7-9,12-13,24H,10-11,14H2,1-6H3,(H,25,27). The second-order valence-electron chi connectivity index (χ2n) is 7.94. The first kappa shape index (κ1) is 24.6. The molecule has 2 amide bonds. The summed E-state index contributed by atoms with van der Waals surface area (Å²) in [4.78, 5) is 26.2. The molecule has 0 aliphatic heterocycles. The van der Waals surface area contributed by atoms with Gasteiger partial charge in [0.1, 0.15) is 0 Å². The zero-order valence-corrected chi connectivity index (χ0v) is 19.8. The van der Waals surface area contributed by atoms with Crippen molar-refractivity contribution in [3.63, 3.8) is 0 Å². The fourth-order valence-electron chi connectivity index (χ4n) is 3.64. The zero-order chi connectivity index (χ0) is 23.3. The number of nitrogens with one attached hydrogen (secondary N) is 2. The lowest BCUT2D eigenvalue weighted by Crippen LogP contribution is -2.37. The number of hydrogen-bond acceptors (Lipinski definition) is 4. The lowest BCUT2D eigenvalue weighted by atomic mass is 10.1. The average Bonchev–Trinajstić information content (AvgIpc) is 2.63. The first-order valence-corrected chi connectivity index (χ1v) is 11.6. The van der Waals surface area contributed by atoms with Gasteiger partial charge in [0.15, 0.2) is 0 Å². The molecule has 8 heteroatoms. The molecule has 0 atom stereocenters. The van der Waals surface area contributed by atoms with Gasteiger partial charge in [-0.3, -0.25) is 9.59 Å². The van der Waals surface area contributed by atoms with Crippen LogP contribution >= 0.6 is 0 Å². The van der Waals surface area contributed by atoms with Crippen molar-refractivity contribution in [1.29, 1.82) is 0 Å². The molecule has 2 rings (SSSR count). The number of amides is 2. The lowest BCUT2D eigenvalue weighted by molar-refractivity contribution is -0.133. The molecule has 0 fully saturated rings. The Morgan fingerprint density at radius 2 is 1.48 bits per heavy atom. The first-order valence-electron chi connectivity index (χ1n) is 10.1. The van der Waals surface area contributed by atoms with Crippen LogP contribution in [-0.4, -0.2) is 45.3 Å². The molecule has 2 N–H and O–H groups in total. The van der Waals surface area contributed by atoms with Crippen LogP contribution in [0.15, 0.2) is 35.2 Å². The number of aryl methyl sites for hydroxylation is 5. The summed E-state index contributed by atoms with van der Waals surface area (Å²) in [5.41, 5.74) is 4.94. The predicted octanol–water partition coefficient (Wildman–Crippen LogP) is 2.99. The van der Waals surface area contributed by atoms with Gasteiger partial charge in [0.05, 0.1) is 11.4 Å². The van der Waals surface area contributed by atoms with E-state index >= 15 is 0 Å². The van der Waals surface area contributed by atoms with E-state index in [1.807, 2.05) is 51.1 Å². The summed E-state index contributed by atoms with van der Waals surface area (Å²) in [7, 11) is -2.21. The van der Waals surface area contributed by atoms with Crippen molar-refractivity contribution >= 4 is 27.5 Å². The fourth-order valence-corrected chi connectivity index (χ4v) is 5.12. The number of likely N-dealkylation sites (N-methyl/N-ethyl adjacent to an activating group) is 1. The highest BCUT2D eigenvalue weighted by Crippen LogP contribution is 2.21. The second-order valence-corrected chi connectivity index (χ2v) is 9.64. The molecule has 0 aliphatic carbocycles. The summed E-state index contributed by atoms with van der Waals surface area (Å²) < 4.78 is 27.9. The Hall–Kier alpha value is -2.71. The van der Waals surface area contributed by atoms with Gasteiger partial charge in [-0.25, -0.2) is 13.1 Å². The topological polar surface area (TPSA) is 95.6 Å². The van der Waals surface area contributed by atoms with Crippen LogP contribution in [0.5, 0.6) is 0 Å². The highest BCUT2D eigenvalue weighted by atomic mass is 32.2. The largest absolute Gasteiger partial charge is 0.336 e. The Morgan fingerprint density at radius 1 is 0.935 bits per heavy atom. The van der Waals surface area contributed by atoms with Crippen LogP contribution in [0.2, 0.25) is 0 Å². The molecule has 0 saturated heterocycles. The zero-order valence-electron chi connectivity index (χ0n) is 19.0. The minimum absolute atomic E-state index is 0.0449. The maximum Gasteiger partial charge on any atom is 0.243 e. The number of anilines is 1. The Balaban J connectivity index is 1.91. The van der Waals surface area contributed by atoms with Gasteiger partial charge in [0.2, 0.25) is 21.8 Å². The minimum atomic E-state index is -3.73. The molecule has 0 aliphatic rings. The molecule has 0 spiro atoms. The van der Waals surface area contributed by atoms with Gasteiger partial charge in [-0.2, -0.15) is 0 Å². The first-order chi connectivity index (χ1) is 14.4. The smallest absolute Gasteiger partial charge is 0.243 e. The number of sulfonamides is 1. The van der Waals surface area contributed by atoms with Crippen molar-refractivity contribution in [1.82, 2.24) is 9.62 Å². The van der Waals surface area contributed by atoms with Crippen molar-refractivity contribution in [3.8, 4) is 0 Å². The Bertz CT molecular complexity index is 1050. The molecule has 0 unspecified atom stereocenters. The van der Waals surface area contributed by atoms with Gasteiger partial charge >= 0.3 is 0 Å². The molecule has 0 bridgehead atoms. The van der Waals surface area contributed by atoms with Crippen LogP contribution in [0.3, 0.4) is 0 Å². The summed E-state index contributed by atoms with van der Waals surface area (Å²) >= 11 is 0. The molecule has 2 aromatic rings. The van der Waals surface area contributed by atoms with Gasteiger partial charge in [0, 0.05) is 25.7 Å². The molecule has 0 aromatic heterocycles. The quantitative estimate of drug-likeness (QED) is 0.653. The number of rotatable bonds is 8. The normalized spacial score (nSPS) is 11.3. The van der Waals surface area contributed by atoms with Crippen LogP contribution in [0.4, 0.5) is 5.69 Å². The summed E-state index contributed by atoms with van der Waals surface area (Å²) in [6.45, 7) is 9.06. The summed E-state index contributed by atoms with van der Waals surface area (Å²) in [6, 6.07) is 9.35. The molecule has 0 saturated carbocycles. The molecular weight excluding hydrogens is 414 g/mol. The summed E-state index contributed by atoms with van der Waals surface area (Å²) in [5, 5.41) is 2.84. The third-order valence-electron chi connectivity index (χ3n) is 5.06. The molecule has 2 aromatic carbocycles. The predicted molar refractivity (Wildman–Crippen MR) is 123 cm³/mol. The van der Waals surface area contributed by atoms with E-state index in [-0.39, 0.29) is 36.2 Å². The molecule has 168 valence electrons. The van der Waals surface area contributed by atoms with E-state index < -0.39 is 10.0 Å². The fraction of sp³-hybridized carbons (Fsp3) is 0.391. The third kappa shape index (κ3) is 6.38. The summed E-state index contributed by atoms with van der Waals surface area (Å²) in [5.74, 6) is -0.628. The average molecular weight is 446 g/mol. The number of hydrogen-bond donors (Lipinski definition) is 2. The van der Waals surface area contributed by atoms with E-state index in [9.17, 15) is 18.0 Å². The summed E-state index contributed by atoms with van der Waals surface area (Å²) in [6.07, 6.45) is -0.0453. The van der Waals surface area contributed by atoms with E-state index in [0.29, 0.717) is 11.1 Å². The van der Waals surface area contributed by atoms with E-state index in [1.165, 1.54) is 11.9 Å². The Kier molecular flexibility index (Phi) is 7.97. The van der Waals surface area contributed by atoms with Gasteiger partial charge < -0.3 is 10.2 Å². The SMILES string of the molecule is Cc1cc(C)c(S(=O)(=O)NCCC(=O)N(C)CC(=O)Nc2c(C)cccc2C)c(C)c1. The van der Waals surface area contributed by atoms with Gasteiger partial charge in [-0.1, -0.05) is 35.9 Å². The molecule has 0 heterocycles. The van der Waals surface area contributed by atoms with Crippen molar-refractivity contribution in [2.75, 3.05) is 25.5 Å². The van der Waals surface area contributed by atoms with Gasteiger partial charge in [0.25, 0.3) is 0 Å². The van der Waals surface area contributed by atoms with Crippen LogP contribution < -0.4 is 10.0 Å². The second kappa shape index (κ2) is 10.1. The van der Waals surface area contributed by atoms with Crippen LogP contribution in [0.1, 0.15) is 34.2 Å². The highest BCUT2D eigenvalue weighted by molar-refractivity contribution is 7.89. The van der Waals surface area contributed by atoms with Crippen molar-refractivity contribution in [2.24, 2.45) is 0 Å². The van der Waals surface area contributed by atoms with Gasteiger partial charge in [-0.15, -0.1) is 0 Å². The molecular formula is C23H31N3O4S. The lowest BCUT2D eigenvalue weighted by Gasteiger charge is -2.18. The number of carbonyl (C=O) groups is 2. The maximum absolute atomic E-state index is 12.7. The number of benzene rings is 2. The molecule has 0 radical (unpaired) electrons. The molecule has 31 heavy (non-hydrogen) atoms. The number of nitrogens with zero attached hydrogens (tertiary/aromatic N) is 1. The van der Waals surface area contributed by atoms with E-state index in [1.54, 1.807) is 13.8 Å². The van der Waals surface area contributed by atoms with E-state index in [4.69, 9.17) is 0 Å². The molecule has 7 nitrogen and oxygen atoms in total. The highest BCUT2D eigenvalue weighted by Gasteiger charge is 2.21. The van der Waals surface area contributed by atoms with Crippen molar-refractivity contribution in [2.45, 2.75) is 45.9 Å². The van der Waals surface area contributed by atoms with E-state index in [0.717, 1.165) is 22.4 Å². The minimum Gasteiger partial charge on any atom is -0.336 e. The maximum atomic E-state index is 12.7. The Labute approximate surface area is 184 Å². The van der Waals surface area contributed by atoms with Crippen molar-refractivity contribution in [3.05, 3.63) is 58.1 Å². The monoisotopic (exact) mass is 445 g/mol. The van der Waals surface area contributed by atoms with Crippen molar-refractivity contribution < 1.29 is 18.0 Å². The van der Waals surface area contributed by atoms with Crippen LogP contribution in [0, 0.1) is 34.6 Å². The van der Waals surface area contributed by atoms with Gasteiger partial charge in [-0.05, 0) is 56.9 Å². The number of para-hydroxylation sites is 1. The van der Waals surface area contributed by atoms with Crippen LogP contribution in [-0.2, 0) is 19.6 Å². The van der Waals surface area contributed by atoms with Crippen LogP contribution in [0.25, 0.3) is 0 Å². The Morgan fingerprint density at radius 3 is 2.03 bits per heavy atom. The third-order valence-corrected chi connectivity index (χ3v) is 6.82.